The molecule has 6 heteroatoms. The van der Waals surface area contributed by atoms with Crippen LogP contribution in [0.3, 0.4) is 0 Å². The van der Waals surface area contributed by atoms with E-state index in [-0.39, 0.29) is 22.1 Å². The Morgan fingerprint density at radius 2 is 1.89 bits per heavy atom. The predicted molar refractivity (Wildman–Crippen MR) is 77.0 cm³/mol. The van der Waals surface area contributed by atoms with Gasteiger partial charge in [-0.05, 0) is 52.4 Å². The van der Waals surface area contributed by atoms with Gasteiger partial charge in [0.05, 0.1) is 6.61 Å². The zero-order valence-electron chi connectivity index (χ0n) is 9.63. The highest BCUT2D eigenvalue weighted by molar-refractivity contribution is 14.1. The van der Waals surface area contributed by atoms with Gasteiger partial charge in [0.25, 0.3) is 0 Å². The molecule has 0 radical (unpaired) electrons. The number of sulfone groups is 1. The van der Waals surface area contributed by atoms with Crippen LogP contribution >= 0.6 is 22.6 Å². The van der Waals surface area contributed by atoms with Gasteiger partial charge in [0.2, 0.25) is 9.84 Å². The molecule has 1 aliphatic rings. The summed E-state index contributed by atoms with van der Waals surface area (Å²) < 4.78 is 31.3. The summed E-state index contributed by atoms with van der Waals surface area (Å²) in [6, 6.07) is 9.75. The molecule has 0 spiro atoms. The van der Waals surface area contributed by atoms with Gasteiger partial charge in [-0.1, -0.05) is 12.1 Å². The highest BCUT2D eigenvalue weighted by atomic mass is 127. The van der Waals surface area contributed by atoms with Gasteiger partial charge in [-0.15, -0.1) is 0 Å². The normalized spacial score (nSPS) is 15.3. The number of aliphatic hydroxyl groups is 1. The fourth-order valence-electron chi connectivity index (χ4n) is 2.03. The van der Waals surface area contributed by atoms with Gasteiger partial charge in [-0.3, -0.25) is 0 Å². The molecule has 4 nitrogen and oxygen atoms in total. The Kier molecular flexibility index (Phi) is 3.03. The summed E-state index contributed by atoms with van der Waals surface area (Å²) >= 11 is 1.95. The number of para-hydroxylation sites is 1. The van der Waals surface area contributed by atoms with Crippen LogP contribution in [0.1, 0.15) is 5.56 Å². The average Bonchev–Trinajstić information content (AvgIpc) is 2.37. The first kappa shape index (κ1) is 12.9. The molecule has 98 valence electrons. The van der Waals surface area contributed by atoms with Crippen molar-refractivity contribution in [3.63, 3.8) is 0 Å². The fraction of sp³-hybridized carbons (Fsp3) is 0.0769. The lowest BCUT2D eigenvalue weighted by atomic mass is 10.2. The zero-order chi connectivity index (χ0) is 13.6. The number of fused-ring (bicyclic) bond motifs is 2. The van der Waals surface area contributed by atoms with Crippen LogP contribution in [0.4, 0.5) is 0 Å². The standard InChI is InChI=1S/C13H9IO4S/c14-9-5-8(7-15)6-11-13(9)19(16,17)12-4-2-1-3-10(12)18-11/h1-6,15H,7H2. The molecule has 0 aliphatic carbocycles. The highest BCUT2D eigenvalue weighted by Gasteiger charge is 2.33. The summed E-state index contributed by atoms with van der Waals surface area (Å²) in [7, 11) is -3.57. The summed E-state index contributed by atoms with van der Waals surface area (Å²) in [5.41, 5.74) is 0.623. The van der Waals surface area contributed by atoms with E-state index in [1.165, 1.54) is 6.07 Å². The van der Waals surface area contributed by atoms with Crippen LogP contribution in [0, 0.1) is 3.57 Å². The lowest BCUT2D eigenvalue weighted by Crippen LogP contribution is -2.13. The van der Waals surface area contributed by atoms with Gasteiger partial charge >= 0.3 is 0 Å². The molecule has 0 bridgehead atoms. The van der Waals surface area contributed by atoms with Gasteiger partial charge < -0.3 is 9.84 Å². The first-order valence-corrected chi connectivity index (χ1v) is 8.05. The van der Waals surface area contributed by atoms with E-state index in [1.807, 2.05) is 22.6 Å². The number of ether oxygens (including phenoxy) is 1. The minimum atomic E-state index is -3.57. The third kappa shape index (κ3) is 1.94. The Labute approximate surface area is 124 Å². The molecule has 0 atom stereocenters. The number of halogens is 1. The number of aliphatic hydroxyl groups excluding tert-OH is 1. The van der Waals surface area contributed by atoms with E-state index in [0.717, 1.165) is 0 Å². The molecule has 1 heterocycles. The Morgan fingerprint density at radius 1 is 1.16 bits per heavy atom. The van der Waals surface area contributed by atoms with E-state index in [1.54, 1.807) is 30.3 Å². The maximum atomic E-state index is 12.6. The Balaban J connectivity index is 2.34. The molecule has 1 aliphatic heterocycles. The second-order valence-electron chi connectivity index (χ2n) is 4.12. The van der Waals surface area contributed by atoms with Gasteiger partial charge in [0, 0.05) is 3.57 Å². The molecule has 0 unspecified atom stereocenters. The summed E-state index contributed by atoms with van der Waals surface area (Å²) in [6.45, 7) is -0.158. The zero-order valence-corrected chi connectivity index (χ0v) is 12.6. The number of rotatable bonds is 1. The minimum Gasteiger partial charge on any atom is -0.455 e. The smallest absolute Gasteiger partial charge is 0.215 e. The van der Waals surface area contributed by atoms with Crippen molar-refractivity contribution in [2.45, 2.75) is 16.4 Å². The third-order valence-corrected chi connectivity index (χ3v) is 5.97. The second-order valence-corrected chi connectivity index (χ2v) is 7.13. The molecule has 1 N–H and O–H groups in total. The van der Waals surface area contributed by atoms with E-state index in [0.29, 0.717) is 14.9 Å². The van der Waals surface area contributed by atoms with E-state index >= 15 is 0 Å². The van der Waals surface area contributed by atoms with Crippen molar-refractivity contribution >= 4 is 32.4 Å². The maximum Gasteiger partial charge on any atom is 0.215 e. The molecule has 0 saturated heterocycles. The largest absolute Gasteiger partial charge is 0.455 e. The van der Waals surface area contributed by atoms with E-state index in [9.17, 15) is 13.5 Å². The SMILES string of the molecule is O=S1(=O)c2ccccc2Oc2cc(CO)cc(I)c21. The van der Waals surface area contributed by atoms with E-state index in [2.05, 4.69) is 0 Å². The van der Waals surface area contributed by atoms with Crippen LogP contribution in [0.2, 0.25) is 0 Å². The van der Waals surface area contributed by atoms with Crippen LogP contribution in [-0.4, -0.2) is 13.5 Å². The van der Waals surface area contributed by atoms with Crippen molar-refractivity contribution in [1.29, 1.82) is 0 Å². The highest BCUT2D eigenvalue weighted by Crippen LogP contribution is 2.44. The number of hydrogen-bond acceptors (Lipinski definition) is 4. The molecule has 2 aromatic carbocycles. The lowest BCUT2D eigenvalue weighted by molar-refractivity contribution is 0.281. The Morgan fingerprint density at radius 3 is 2.63 bits per heavy atom. The van der Waals surface area contributed by atoms with Crippen molar-refractivity contribution in [3.8, 4) is 11.5 Å². The second kappa shape index (κ2) is 4.46. The summed E-state index contributed by atoms with van der Waals surface area (Å²) in [4.78, 5) is 0.348. The van der Waals surface area contributed by atoms with Crippen LogP contribution in [0.25, 0.3) is 0 Å². The molecular weight excluding hydrogens is 379 g/mol. The van der Waals surface area contributed by atoms with Crippen molar-refractivity contribution in [2.24, 2.45) is 0 Å². The van der Waals surface area contributed by atoms with Crippen LogP contribution < -0.4 is 4.74 Å². The molecule has 0 saturated carbocycles. The van der Waals surface area contributed by atoms with Gasteiger partial charge in [-0.25, -0.2) is 8.42 Å². The van der Waals surface area contributed by atoms with Gasteiger partial charge in [0.1, 0.15) is 21.3 Å². The molecule has 2 aromatic rings. The monoisotopic (exact) mass is 388 g/mol. The van der Waals surface area contributed by atoms with Crippen molar-refractivity contribution in [3.05, 3.63) is 45.5 Å². The van der Waals surface area contributed by atoms with Gasteiger partial charge in [0.15, 0.2) is 0 Å². The number of hydrogen-bond donors (Lipinski definition) is 1. The molecule has 3 rings (SSSR count). The summed E-state index contributed by atoms with van der Waals surface area (Å²) in [5.74, 6) is 0.593. The topological polar surface area (TPSA) is 63.6 Å². The van der Waals surface area contributed by atoms with Crippen LogP contribution in [0.5, 0.6) is 11.5 Å². The molecule has 19 heavy (non-hydrogen) atoms. The van der Waals surface area contributed by atoms with Crippen molar-refractivity contribution in [2.75, 3.05) is 0 Å². The first-order valence-electron chi connectivity index (χ1n) is 5.49. The van der Waals surface area contributed by atoms with Crippen LogP contribution in [0.15, 0.2) is 46.2 Å². The van der Waals surface area contributed by atoms with E-state index < -0.39 is 9.84 Å². The molecule has 0 amide bonds. The minimum absolute atomic E-state index is 0.158. The van der Waals surface area contributed by atoms with Crippen molar-refractivity contribution in [1.82, 2.24) is 0 Å². The predicted octanol–water partition coefficient (Wildman–Crippen LogP) is 2.72. The Hall–Kier alpha value is -1.12. The average molecular weight is 388 g/mol. The van der Waals surface area contributed by atoms with Crippen molar-refractivity contribution < 1.29 is 18.3 Å². The lowest BCUT2D eigenvalue weighted by Gasteiger charge is -2.21. The quantitative estimate of drug-likeness (QED) is 0.652. The van der Waals surface area contributed by atoms with Crippen LogP contribution in [-0.2, 0) is 16.4 Å². The van der Waals surface area contributed by atoms with Gasteiger partial charge in [-0.2, -0.15) is 0 Å². The number of benzene rings is 2. The fourth-order valence-corrected chi connectivity index (χ4v) is 5.10. The first-order chi connectivity index (χ1) is 9.04. The molecule has 0 aromatic heterocycles. The molecular formula is C13H9IO4S. The summed E-state index contributed by atoms with van der Waals surface area (Å²) in [5, 5.41) is 9.18. The Bertz CT molecular complexity index is 768. The maximum absolute atomic E-state index is 12.6. The van der Waals surface area contributed by atoms with E-state index in [4.69, 9.17) is 4.74 Å². The molecule has 0 fully saturated rings. The summed E-state index contributed by atoms with van der Waals surface area (Å²) in [6.07, 6.45) is 0. The third-order valence-electron chi connectivity index (χ3n) is 2.88.